The second kappa shape index (κ2) is 3.52. The molecule has 0 unspecified atom stereocenters. The van der Waals surface area contributed by atoms with E-state index in [0.717, 1.165) is 0 Å². The minimum absolute atomic E-state index is 0.00156. The number of hydrogen-bond acceptors (Lipinski definition) is 6. The minimum atomic E-state index is -0.695. The van der Waals surface area contributed by atoms with Gasteiger partial charge in [-0.05, 0) is 0 Å². The van der Waals surface area contributed by atoms with Crippen molar-refractivity contribution in [3.05, 3.63) is 30.6 Å². The van der Waals surface area contributed by atoms with E-state index in [4.69, 9.17) is 11.5 Å². The highest BCUT2D eigenvalue weighted by Gasteiger charge is 2.15. The molecule has 0 aliphatic heterocycles. The Balaban J connectivity index is 2.23. The van der Waals surface area contributed by atoms with Gasteiger partial charge in [-0.3, -0.25) is 9.20 Å². The summed E-state index contributed by atoms with van der Waals surface area (Å²) in [7, 11) is 0. The fraction of sp³-hybridized carbons (Fsp3) is 0. The lowest BCUT2D eigenvalue weighted by molar-refractivity contribution is 0.0996. The van der Waals surface area contributed by atoms with Crippen LogP contribution >= 0.6 is 0 Å². The molecule has 0 spiro atoms. The normalized spacial score (nSPS) is 10.9. The number of carbonyl (C=O) groups is 1. The van der Waals surface area contributed by atoms with Gasteiger partial charge in [-0.15, -0.1) is 10.2 Å². The van der Waals surface area contributed by atoms with Crippen LogP contribution in [0.3, 0.4) is 0 Å². The summed E-state index contributed by atoms with van der Waals surface area (Å²) in [6, 6.07) is 0. The smallest absolute Gasteiger partial charge is 0.271 e. The van der Waals surface area contributed by atoms with Crippen LogP contribution in [0.2, 0.25) is 0 Å². The van der Waals surface area contributed by atoms with Crippen molar-refractivity contribution in [2.24, 2.45) is 5.73 Å². The van der Waals surface area contributed by atoms with E-state index in [1.165, 1.54) is 17.2 Å². The molecule has 0 saturated heterocycles. The fourth-order valence-corrected chi connectivity index (χ4v) is 1.59. The van der Waals surface area contributed by atoms with E-state index < -0.39 is 5.91 Å². The predicted octanol–water partition coefficient (Wildman–Crippen LogP) is -1.01. The summed E-state index contributed by atoms with van der Waals surface area (Å²) in [5.74, 6) is -0.283. The molecule has 0 aliphatic rings. The van der Waals surface area contributed by atoms with Gasteiger partial charge in [0.05, 0.1) is 11.9 Å². The Bertz CT molecular complexity index is 742. The highest BCUT2D eigenvalue weighted by atomic mass is 16.1. The number of nitrogens with zero attached hydrogens (tertiary/aromatic N) is 6. The molecular formula is C9H8N8O. The zero-order valence-corrected chi connectivity index (χ0v) is 9.06. The summed E-state index contributed by atoms with van der Waals surface area (Å²) in [6.45, 7) is 0. The molecule has 4 N–H and O–H groups in total. The van der Waals surface area contributed by atoms with Crippen LogP contribution in [-0.4, -0.2) is 35.3 Å². The Morgan fingerprint density at radius 3 is 2.94 bits per heavy atom. The first kappa shape index (κ1) is 10.2. The van der Waals surface area contributed by atoms with Gasteiger partial charge in [0.2, 0.25) is 5.65 Å². The number of rotatable bonds is 2. The maximum absolute atomic E-state index is 11.1. The third-order valence-electron chi connectivity index (χ3n) is 2.39. The van der Waals surface area contributed by atoms with Gasteiger partial charge in [-0.25, -0.2) is 9.67 Å². The molecule has 0 aromatic carbocycles. The van der Waals surface area contributed by atoms with E-state index in [2.05, 4.69) is 20.3 Å². The standard InChI is InChI=1S/C9H8N8O/c10-5-3-17(15-6(5)7(11)18)8-9-14-13-4-16(9)2-1-12-8/h1-4H,10H2,(H2,11,18). The molecule has 0 aliphatic carbocycles. The van der Waals surface area contributed by atoms with E-state index in [-0.39, 0.29) is 11.4 Å². The number of anilines is 1. The van der Waals surface area contributed by atoms with E-state index in [1.807, 2.05) is 0 Å². The number of nitrogen functional groups attached to an aromatic ring is 1. The molecule has 1 amide bonds. The SMILES string of the molecule is NC(=O)c1nn(-c2nccn3cnnc23)cc1N. The van der Waals surface area contributed by atoms with Gasteiger partial charge in [0, 0.05) is 12.4 Å². The lowest BCUT2D eigenvalue weighted by Gasteiger charge is -2.00. The second-order valence-electron chi connectivity index (χ2n) is 3.55. The van der Waals surface area contributed by atoms with E-state index in [9.17, 15) is 4.79 Å². The highest BCUT2D eigenvalue weighted by molar-refractivity contribution is 5.95. The fourth-order valence-electron chi connectivity index (χ4n) is 1.59. The van der Waals surface area contributed by atoms with Crippen LogP contribution in [0.5, 0.6) is 0 Å². The summed E-state index contributed by atoms with van der Waals surface area (Å²) >= 11 is 0. The van der Waals surface area contributed by atoms with E-state index >= 15 is 0 Å². The summed E-state index contributed by atoms with van der Waals surface area (Å²) in [5, 5.41) is 11.7. The lowest BCUT2D eigenvalue weighted by atomic mass is 10.4. The first-order valence-corrected chi connectivity index (χ1v) is 4.96. The zero-order valence-electron chi connectivity index (χ0n) is 9.06. The van der Waals surface area contributed by atoms with Crippen molar-refractivity contribution in [3.8, 4) is 5.82 Å². The topological polar surface area (TPSA) is 130 Å². The van der Waals surface area contributed by atoms with Gasteiger partial charge in [0.15, 0.2) is 11.5 Å². The molecule has 3 rings (SSSR count). The summed E-state index contributed by atoms with van der Waals surface area (Å²) in [4.78, 5) is 15.2. The molecule has 3 aromatic heterocycles. The summed E-state index contributed by atoms with van der Waals surface area (Å²) in [5.41, 5.74) is 11.5. The first-order valence-electron chi connectivity index (χ1n) is 4.96. The Labute approximate surface area is 100 Å². The molecule has 0 atom stereocenters. The molecule has 0 bridgehead atoms. The quantitative estimate of drug-likeness (QED) is 0.594. The van der Waals surface area contributed by atoms with Crippen molar-refractivity contribution < 1.29 is 4.79 Å². The largest absolute Gasteiger partial charge is 0.396 e. The van der Waals surface area contributed by atoms with Crippen LogP contribution in [0.25, 0.3) is 11.5 Å². The molecule has 9 heteroatoms. The monoisotopic (exact) mass is 244 g/mol. The van der Waals surface area contributed by atoms with Crippen LogP contribution in [0.15, 0.2) is 24.9 Å². The molecule has 3 aromatic rings. The number of hydrogen-bond donors (Lipinski definition) is 2. The van der Waals surface area contributed by atoms with Crippen molar-refractivity contribution in [1.29, 1.82) is 0 Å². The van der Waals surface area contributed by atoms with Crippen LogP contribution in [-0.2, 0) is 0 Å². The highest BCUT2D eigenvalue weighted by Crippen LogP contribution is 2.14. The molecule has 9 nitrogen and oxygen atoms in total. The lowest BCUT2D eigenvalue weighted by Crippen LogP contribution is -2.14. The van der Waals surface area contributed by atoms with Crippen molar-refractivity contribution in [2.75, 3.05) is 5.73 Å². The molecule has 0 saturated carbocycles. The predicted molar refractivity (Wildman–Crippen MR) is 60.8 cm³/mol. The number of nitrogens with two attached hydrogens (primary N) is 2. The van der Waals surface area contributed by atoms with Crippen molar-refractivity contribution in [1.82, 2.24) is 29.4 Å². The number of amides is 1. The van der Waals surface area contributed by atoms with Gasteiger partial charge in [-0.2, -0.15) is 5.10 Å². The second-order valence-corrected chi connectivity index (χ2v) is 3.55. The van der Waals surface area contributed by atoms with Crippen molar-refractivity contribution >= 4 is 17.2 Å². The molecular weight excluding hydrogens is 236 g/mol. The van der Waals surface area contributed by atoms with Crippen LogP contribution in [0.4, 0.5) is 5.69 Å². The maximum Gasteiger partial charge on any atom is 0.271 e. The van der Waals surface area contributed by atoms with Crippen LogP contribution < -0.4 is 11.5 Å². The van der Waals surface area contributed by atoms with Gasteiger partial charge in [0.1, 0.15) is 6.33 Å². The average molecular weight is 244 g/mol. The summed E-state index contributed by atoms with van der Waals surface area (Å²) in [6.07, 6.45) is 6.24. The molecule has 3 heterocycles. The Morgan fingerprint density at radius 1 is 1.39 bits per heavy atom. The zero-order chi connectivity index (χ0) is 12.7. The Kier molecular flexibility index (Phi) is 1.99. The van der Waals surface area contributed by atoms with E-state index in [0.29, 0.717) is 11.5 Å². The number of carbonyl (C=O) groups excluding carboxylic acids is 1. The van der Waals surface area contributed by atoms with Gasteiger partial charge >= 0.3 is 0 Å². The number of aromatic nitrogens is 6. The van der Waals surface area contributed by atoms with Crippen molar-refractivity contribution in [3.63, 3.8) is 0 Å². The average Bonchev–Trinajstić information content (AvgIpc) is 2.94. The first-order chi connectivity index (χ1) is 8.66. The van der Waals surface area contributed by atoms with Crippen LogP contribution in [0, 0.1) is 0 Å². The molecule has 0 fully saturated rings. The third-order valence-corrected chi connectivity index (χ3v) is 2.39. The minimum Gasteiger partial charge on any atom is -0.396 e. The molecule has 18 heavy (non-hydrogen) atoms. The van der Waals surface area contributed by atoms with Gasteiger partial charge < -0.3 is 11.5 Å². The third kappa shape index (κ3) is 1.38. The maximum atomic E-state index is 11.1. The Hall–Kier alpha value is -2.97. The van der Waals surface area contributed by atoms with Crippen molar-refractivity contribution in [2.45, 2.75) is 0 Å². The number of primary amides is 1. The summed E-state index contributed by atoms with van der Waals surface area (Å²) < 4.78 is 3.02. The van der Waals surface area contributed by atoms with Gasteiger partial charge in [0.25, 0.3) is 5.91 Å². The number of fused-ring (bicyclic) bond motifs is 1. The van der Waals surface area contributed by atoms with Crippen LogP contribution in [0.1, 0.15) is 10.5 Å². The van der Waals surface area contributed by atoms with E-state index in [1.54, 1.807) is 16.8 Å². The molecule has 0 radical (unpaired) electrons. The van der Waals surface area contributed by atoms with Gasteiger partial charge in [-0.1, -0.05) is 0 Å². The Morgan fingerprint density at radius 2 is 2.22 bits per heavy atom. The molecule has 90 valence electrons.